The summed E-state index contributed by atoms with van der Waals surface area (Å²) in [5.74, 6) is 1.03. The molecule has 0 aliphatic carbocycles. The second kappa shape index (κ2) is 4.04. The molecular formula is C13H20O. The highest BCUT2D eigenvalue weighted by Gasteiger charge is 2.18. The van der Waals surface area contributed by atoms with Crippen LogP contribution in [-0.4, -0.2) is 6.61 Å². The van der Waals surface area contributed by atoms with Gasteiger partial charge in [0, 0.05) is 0 Å². The van der Waals surface area contributed by atoms with Crippen molar-refractivity contribution in [2.24, 2.45) is 0 Å². The van der Waals surface area contributed by atoms with Crippen LogP contribution in [0.25, 0.3) is 0 Å². The highest BCUT2D eigenvalue weighted by atomic mass is 16.5. The fourth-order valence-electron chi connectivity index (χ4n) is 1.52. The molecule has 1 aromatic rings. The Morgan fingerprint density at radius 1 is 1.21 bits per heavy atom. The molecule has 14 heavy (non-hydrogen) atoms. The number of benzene rings is 1. The van der Waals surface area contributed by atoms with E-state index < -0.39 is 0 Å². The number of hydrogen-bond donors (Lipinski definition) is 0. The van der Waals surface area contributed by atoms with Gasteiger partial charge in [0.15, 0.2) is 0 Å². The average Bonchev–Trinajstić information content (AvgIpc) is 2.02. The maximum atomic E-state index is 5.64. The van der Waals surface area contributed by atoms with Gasteiger partial charge in [0.1, 0.15) is 5.75 Å². The third-order valence-corrected chi connectivity index (χ3v) is 2.24. The van der Waals surface area contributed by atoms with Gasteiger partial charge in [-0.25, -0.2) is 0 Å². The molecular weight excluding hydrogens is 172 g/mol. The van der Waals surface area contributed by atoms with Crippen molar-refractivity contribution in [3.8, 4) is 5.75 Å². The van der Waals surface area contributed by atoms with Crippen LogP contribution in [0.1, 0.15) is 38.8 Å². The fraction of sp³-hybridized carbons (Fsp3) is 0.538. The van der Waals surface area contributed by atoms with Gasteiger partial charge in [-0.3, -0.25) is 0 Å². The van der Waals surface area contributed by atoms with Crippen LogP contribution in [0.15, 0.2) is 18.2 Å². The van der Waals surface area contributed by atoms with E-state index in [1.165, 1.54) is 11.1 Å². The first-order valence-corrected chi connectivity index (χ1v) is 5.19. The summed E-state index contributed by atoms with van der Waals surface area (Å²) in [5.41, 5.74) is 2.68. The lowest BCUT2D eigenvalue weighted by atomic mass is 9.86. The van der Waals surface area contributed by atoms with Crippen molar-refractivity contribution in [1.82, 2.24) is 0 Å². The SMILES string of the molecule is CCOc1cc(C)ccc1C(C)(C)C. The van der Waals surface area contributed by atoms with E-state index in [0.29, 0.717) is 0 Å². The topological polar surface area (TPSA) is 9.23 Å². The molecule has 0 amide bonds. The van der Waals surface area contributed by atoms with Gasteiger partial charge in [-0.05, 0) is 36.5 Å². The molecule has 0 radical (unpaired) electrons. The highest BCUT2D eigenvalue weighted by molar-refractivity contribution is 5.41. The second-order valence-electron chi connectivity index (χ2n) is 4.68. The Morgan fingerprint density at radius 2 is 1.86 bits per heavy atom. The minimum atomic E-state index is 0.151. The molecule has 1 nitrogen and oxygen atoms in total. The minimum Gasteiger partial charge on any atom is -0.494 e. The van der Waals surface area contributed by atoms with Crippen molar-refractivity contribution in [3.63, 3.8) is 0 Å². The lowest BCUT2D eigenvalue weighted by Gasteiger charge is -2.22. The van der Waals surface area contributed by atoms with E-state index in [-0.39, 0.29) is 5.41 Å². The van der Waals surface area contributed by atoms with Gasteiger partial charge in [-0.1, -0.05) is 32.9 Å². The van der Waals surface area contributed by atoms with Gasteiger partial charge in [-0.2, -0.15) is 0 Å². The van der Waals surface area contributed by atoms with Crippen LogP contribution in [0.3, 0.4) is 0 Å². The van der Waals surface area contributed by atoms with E-state index in [9.17, 15) is 0 Å². The van der Waals surface area contributed by atoms with Crippen molar-refractivity contribution in [1.29, 1.82) is 0 Å². The van der Waals surface area contributed by atoms with Gasteiger partial charge in [0.25, 0.3) is 0 Å². The molecule has 0 bridgehead atoms. The Balaban J connectivity index is 3.15. The van der Waals surface area contributed by atoms with Gasteiger partial charge >= 0.3 is 0 Å². The quantitative estimate of drug-likeness (QED) is 0.694. The van der Waals surface area contributed by atoms with E-state index in [2.05, 4.69) is 45.9 Å². The molecule has 1 aromatic carbocycles. The monoisotopic (exact) mass is 192 g/mol. The first-order valence-electron chi connectivity index (χ1n) is 5.19. The summed E-state index contributed by atoms with van der Waals surface area (Å²) in [5, 5.41) is 0. The van der Waals surface area contributed by atoms with Crippen LogP contribution >= 0.6 is 0 Å². The lowest BCUT2D eigenvalue weighted by Crippen LogP contribution is -2.13. The van der Waals surface area contributed by atoms with Crippen molar-refractivity contribution < 1.29 is 4.74 Å². The first-order chi connectivity index (χ1) is 6.45. The number of aryl methyl sites for hydroxylation is 1. The number of ether oxygens (including phenoxy) is 1. The van der Waals surface area contributed by atoms with Crippen molar-refractivity contribution >= 4 is 0 Å². The van der Waals surface area contributed by atoms with E-state index in [1.807, 2.05) is 6.92 Å². The van der Waals surface area contributed by atoms with E-state index in [4.69, 9.17) is 4.74 Å². The zero-order valence-corrected chi connectivity index (χ0v) is 9.85. The predicted octanol–water partition coefficient (Wildman–Crippen LogP) is 3.69. The minimum absolute atomic E-state index is 0.151. The zero-order valence-electron chi connectivity index (χ0n) is 9.85. The van der Waals surface area contributed by atoms with Gasteiger partial charge < -0.3 is 4.74 Å². The summed E-state index contributed by atoms with van der Waals surface area (Å²) in [4.78, 5) is 0. The van der Waals surface area contributed by atoms with Gasteiger partial charge in [0.2, 0.25) is 0 Å². The van der Waals surface area contributed by atoms with E-state index in [0.717, 1.165) is 12.4 Å². The van der Waals surface area contributed by atoms with Crippen LogP contribution in [0.2, 0.25) is 0 Å². The van der Waals surface area contributed by atoms with Crippen LogP contribution in [0, 0.1) is 6.92 Å². The Labute approximate surface area is 87.1 Å². The van der Waals surface area contributed by atoms with Gasteiger partial charge in [0.05, 0.1) is 6.61 Å². The summed E-state index contributed by atoms with van der Waals surface area (Å²) in [6, 6.07) is 6.42. The molecule has 0 aliphatic rings. The molecule has 0 unspecified atom stereocenters. The standard InChI is InChI=1S/C13H20O/c1-6-14-12-9-10(2)7-8-11(12)13(3,4)5/h7-9H,6H2,1-5H3. The molecule has 0 spiro atoms. The lowest BCUT2D eigenvalue weighted by molar-refractivity contribution is 0.329. The van der Waals surface area contributed by atoms with Crippen molar-refractivity contribution in [2.45, 2.75) is 40.0 Å². The van der Waals surface area contributed by atoms with Crippen molar-refractivity contribution in [3.05, 3.63) is 29.3 Å². The van der Waals surface area contributed by atoms with Crippen LogP contribution in [-0.2, 0) is 5.41 Å². The first kappa shape index (κ1) is 11.1. The van der Waals surface area contributed by atoms with E-state index >= 15 is 0 Å². The Hall–Kier alpha value is -0.980. The molecule has 0 fully saturated rings. The second-order valence-corrected chi connectivity index (χ2v) is 4.68. The molecule has 0 heterocycles. The molecule has 0 saturated carbocycles. The molecule has 0 aliphatic heterocycles. The molecule has 1 heteroatoms. The normalized spacial score (nSPS) is 11.5. The zero-order chi connectivity index (χ0) is 10.8. The third kappa shape index (κ3) is 2.50. The molecule has 0 N–H and O–H groups in total. The summed E-state index contributed by atoms with van der Waals surface area (Å²) in [7, 11) is 0. The average molecular weight is 192 g/mol. The third-order valence-electron chi connectivity index (χ3n) is 2.24. The van der Waals surface area contributed by atoms with Crippen LogP contribution in [0.5, 0.6) is 5.75 Å². The Bertz CT molecular complexity index is 308. The Kier molecular flexibility index (Phi) is 3.20. The summed E-state index contributed by atoms with van der Waals surface area (Å²) >= 11 is 0. The summed E-state index contributed by atoms with van der Waals surface area (Å²) in [6.45, 7) is 11.5. The van der Waals surface area contributed by atoms with E-state index in [1.54, 1.807) is 0 Å². The van der Waals surface area contributed by atoms with Crippen molar-refractivity contribution in [2.75, 3.05) is 6.61 Å². The fourth-order valence-corrected chi connectivity index (χ4v) is 1.52. The summed E-state index contributed by atoms with van der Waals surface area (Å²) < 4.78 is 5.64. The maximum absolute atomic E-state index is 5.64. The maximum Gasteiger partial charge on any atom is 0.123 e. The Morgan fingerprint density at radius 3 is 2.36 bits per heavy atom. The molecule has 0 aromatic heterocycles. The highest BCUT2D eigenvalue weighted by Crippen LogP contribution is 2.31. The largest absolute Gasteiger partial charge is 0.494 e. The number of rotatable bonds is 2. The smallest absolute Gasteiger partial charge is 0.123 e. The molecule has 78 valence electrons. The summed E-state index contributed by atoms with van der Waals surface area (Å²) in [6.07, 6.45) is 0. The molecule has 0 saturated heterocycles. The molecule has 0 atom stereocenters. The number of hydrogen-bond acceptors (Lipinski definition) is 1. The molecule has 1 rings (SSSR count). The van der Waals surface area contributed by atoms with Crippen LogP contribution < -0.4 is 4.74 Å². The van der Waals surface area contributed by atoms with Crippen LogP contribution in [0.4, 0.5) is 0 Å². The predicted molar refractivity (Wildman–Crippen MR) is 61.0 cm³/mol. The van der Waals surface area contributed by atoms with Gasteiger partial charge in [-0.15, -0.1) is 0 Å².